The van der Waals surface area contributed by atoms with Gasteiger partial charge in [-0.15, -0.1) is 0 Å². The van der Waals surface area contributed by atoms with Crippen LogP contribution in [0.15, 0.2) is 53.6 Å². The highest BCUT2D eigenvalue weighted by atomic mass is 16.3. The molecule has 3 N–H and O–H groups in total. The van der Waals surface area contributed by atoms with Crippen LogP contribution < -0.4 is 10.3 Å². The van der Waals surface area contributed by atoms with Gasteiger partial charge in [0.1, 0.15) is 5.75 Å². The van der Waals surface area contributed by atoms with E-state index in [9.17, 15) is 9.90 Å². The van der Waals surface area contributed by atoms with Gasteiger partial charge in [0.2, 0.25) is 0 Å². The Labute approximate surface area is 134 Å². The van der Waals surface area contributed by atoms with E-state index in [1.807, 2.05) is 36.2 Å². The van der Waals surface area contributed by atoms with Crippen molar-refractivity contribution in [3.05, 3.63) is 59.7 Å². The number of hydrazone groups is 1. The highest BCUT2D eigenvalue weighted by Gasteiger charge is 2.03. The van der Waals surface area contributed by atoms with Gasteiger partial charge in [0.25, 0.3) is 5.91 Å². The van der Waals surface area contributed by atoms with E-state index in [0.29, 0.717) is 12.1 Å². The predicted molar refractivity (Wildman–Crippen MR) is 90.0 cm³/mol. The number of carbonyl (C=O) groups is 1. The molecule has 0 aliphatic rings. The van der Waals surface area contributed by atoms with Gasteiger partial charge in [-0.2, -0.15) is 5.10 Å². The van der Waals surface area contributed by atoms with Crippen molar-refractivity contribution < 1.29 is 15.0 Å². The molecule has 1 amide bonds. The zero-order chi connectivity index (χ0) is 16.7. The second kappa shape index (κ2) is 7.95. The van der Waals surface area contributed by atoms with Gasteiger partial charge in [0.05, 0.1) is 12.8 Å². The molecule has 0 unspecified atom stereocenters. The zero-order valence-corrected chi connectivity index (χ0v) is 12.8. The number of carbonyl (C=O) groups excluding carboxylic acids is 1. The molecule has 0 fully saturated rings. The van der Waals surface area contributed by atoms with E-state index in [2.05, 4.69) is 10.5 Å². The fourth-order valence-electron chi connectivity index (χ4n) is 1.94. The number of aliphatic hydroxyl groups is 1. The Bertz CT molecular complexity index is 666. The average Bonchev–Trinajstić information content (AvgIpc) is 2.56. The summed E-state index contributed by atoms with van der Waals surface area (Å²) in [4.78, 5) is 13.8. The third-order valence-corrected chi connectivity index (χ3v) is 3.28. The Balaban J connectivity index is 1.92. The number of likely N-dealkylation sites (N-methyl/N-ethyl adjacent to an activating group) is 1. The molecule has 2 aromatic rings. The monoisotopic (exact) mass is 313 g/mol. The lowest BCUT2D eigenvalue weighted by atomic mass is 10.2. The second-order valence-corrected chi connectivity index (χ2v) is 4.98. The molecular formula is C17H19N3O3. The summed E-state index contributed by atoms with van der Waals surface area (Å²) in [6.45, 7) is 0.666. The predicted octanol–water partition coefficient (Wildman–Crippen LogP) is 1.58. The number of aliphatic hydroxyl groups excluding tert-OH is 1. The molecule has 0 aliphatic carbocycles. The Morgan fingerprint density at radius 3 is 2.43 bits per heavy atom. The maximum absolute atomic E-state index is 11.8. The maximum atomic E-state index is 11.8. The molecule has 2 rings (SSSR count). The Morgan fingerprint density at radius 1 is 1.17 bits per heavy atom. The van der Waals surface area contributed by atoms with Crippen molar-refractivity contribution in [1.29, 1.82) is 0 Å². The minimum Gasteiger partial charge on any atom is -0.508 e. The minimum atomic E-state index is -0.347. The summed E-state index contributed by atoms with van der Waals surface area (Å²) in [5.74, 6) is -0.239. The van der Waals surface area contributed by atoms with Crippen LogP contribution in [0.4, 0.5) is 5.69 Å². The molecule has 2 aromatic carbocycles. The van der Waals surface area contributed by atoms with E-state index in [0.717, 1.165) is 11.3 Å². The lowest BCUT2D eigenvalue weighted by Gasteiger charge is -2.17. The molecule has 0 bridgehead atoms. The molecule has 23 heavy (non-hydrogen) atoms. The van der Waals surface area contributed by atoms with Crippen molar-refractivity contribution in [1.82, 2.24) is 5.43 Å². The molecule has 6 nitrogen and oxygen atoms in total. The van der Waals surface area contributed by atoms with Crippen LogP contribution in [0.25, 0.3) is 0 Å². The van der Waals surface area contributed by atoms with Gasteiger partial charge in [-0.1, -0.05) is 12.1 Å². The first-order valence-electron chi connectivity index (χ1n) is 7.14. The van der Waals surface area contributed by atoms with Crippen molar-refractivity contribution in [2.24, 2.45) is 5.10 Å². The summed E-state index contributed by atoms with van der Waals surface area (Å²) in [7, 11) is 1.90. The summed E-state index contributed by atoms with van der Waals surface area (Å²) < 4.78 is 0. The number of nitrogens with one attached hydrogen (secondary N) is 1. The average molecular weight is 313 g/mol. The number of rotatable bonds is 6. The molecule has 6 heteroatoms. The number of anilines is 1. The van der Waals surface area contributed by atoms with E-state index in [1.54, 1.807) is 6.21 Å². The van der Waals surface area contributed by atoms with Gasteiger partial charge in [-0.3, -0.25) is 4.79 Å². The van der Waals surface area contributed by atoms with Gasteiger partial charge >= 0.3 is 0 Å². The molecule has 0 radical (unpaired) electrons. The van der Waals surface area contributed by atoms with Crippen LogP contribution in [-0.4, -0.2) is 42.5 Å². The van der Waals surface area contributed by atoms with Gasteiger partial charge in [0.15, 0.2) is 0 Å². The minimum absolute atomic E-state index is 0.100. The lowest BCUT2D eigenvalue weighted by molar-refractivity contribution is 0.0955. The van der Waals surface area contributed by atoms with Crippen LogP contribution in [-0.2, 0) is 0 Å². The quantitative estimate of drug-likeness (QED) is 0.558. The van der Waals surface area contributed by atoms with Gasteiger partial charge < -0.3 is 15.1 Å². The van der Waals surface area contributed by atoms with Crippen molar-refractivity contribution >= 4 is 17.8 Å². The number of hydrogen-bond acceptors (Lipinski definition) is 5. The van der Waals surface area contributed by atoms with E-state index < -0.39 is 0 Å². The number of benzene rings is 2. The number of amides is 1. The Kier molecular flexibility index (Phi) is 5.71. The molecule has 0 spiro atoms. The van der Waals surface area contributed by atoms with E-state index in [4.69, 9.17) is 5.11 Å². The van der Waals surface area contributed by atoms with Crippen LogP contribution in [0.3, 0.4) is 0 Å². The number of phenolic OH excluding ortho intramolecular Hbond substituents is 1. The lowest BCUT2D eigenvalue weighted by Crippen LogP contribution is -2.20. The van der Waals surface area contributed by atoms with Crippen molar-refractivity contribution in [3.8, 4) is 5.75 Å². The molecule has 0 saturated carbocycles. The summed E-state index contributed by atoms with van der Waals surface area (Å²) in [6.07, 6.45) is 1.55. The first-order chi connectivity index (χ1) is 11.1. The van der Waals surface area contributed by atoms with Crippen LogP contribution in [0.2, 0.25) is 0 Å². The fourth-order valence-corrected chi connectivity index (χ4v) is 1.94. The SMILES string of the molecule is CN(CCO)c1ccc(/C=N\NC(=O)c2ccc(O)cc2)cc1. The van der Waals surface area contributed by atoms with Crippen LogP contribution in [0.1, 0.15) is 15.9 Å². The van der Waals surface area contributed by atoms with Gasteiger partial charge in [0, 0.05) is 24.8 Å². The summed E-state index contributed by atoms with van der Waals surface area (Å²) in [6, 6.07) is 13.5. The highest BCUT2D eigenvalue weighted by Crippen LogP contribution is 2.12. The summed E-state index contributed by atoms with van der Waals surface area (Å²) in [5, 5.41) is 22.0. The zero-order valence-electron chi connectivity index (χ0n) is 12.8. The van der Waals surface area contributed by atoms with Gasteiger partial charge in [-0.05, 0) is 42.0 Å². The third kappa shape index (κ3) is 4.82. The van der Waals surface area contributed by atoms with Crippen LogP contribution in [0, 0.1) is 0 Å². The number of phenols is 1. The number of aromatic hydroxyl groups is 1. The summed E-state index contributed by atoms with van der Waals surface area (Å²) >= 11 is 0. The van der Waals surface area contributed by atoms with E-state index in [1.165, 1.54) is 24.3 Å². The largest absolute Gasteiger partial charge is 0.508 e. The molecule has 0 saturated heterocycles. The molecule has 120 valence electrons. The first kappa shape index (κ1) is 16.5. The topological polar surface area (TPSA) is 85.2 Å². The molecule has 0 heterocycles. The smallest absolute Gasteiger partial charge is 0.271 e. The Hall–Kier alpha value is -2.86. The highest BCUT2D eigenvalue weighted by molar-refractivity contribution is 5.95. The molecule has 0 atom stereocenters. The number of hydrogen-bond donors (Lipinski definition) is 3. The summed E-state index contributed by atoms with van der Waals surface area (Å²) in [5.41, 5.74) is 4.68. The van der Waals surface area contributed by atoms with E-state index in [-0.39, 0.29) is 18.3 Å². The normalized spacial score (nSPS) is 10.7. The first-order valence-corrected chi connectivity index (χ1v) is 7.14. The third-order valence-electron chi connectivity index (χ3n) is 3.28. The van der Waals surface area contributed by atoms with E-state index >= 15 is 0 Å². The molecular weight excluding hydrogens is 294 g/mol. The standard InChI is InChI=1S/C17H19N3O3/c1-20(10-11-21)15-6-2-13(3-7-15)12-18-19-17(23)14-4-8-16(22)9-5-14/h2-9,12,21-22H,10-11H2,1H3,(H,19,23)/b18-12-. The number of nitrogens with zero attached hydrogens (tertiary/aromatic N) is 2. The van der Waals surface area contributed by atoms with Crippen molar-refractivity contribution in [2.45, 2.75) is 0 Å². The maximum Gasteiger partial charge on any atom is 0.271 e. The fraction of sp³-hybridized carbons (Fsp3) is 0.176. The van der Waals surface area contributed by atoms with Crippen LogP contribution >= 0.6 is 0 Å². The molecule has 0 aliphatic heterocycles. The molecule has 0 aromatic heterocycles. The second-order valence-electron chi connectivity index (χ2n) is 4.98. The van der Waals surface area contributed by atoms with Crippen molar-refractivity contribution in [2.75, 3.05) is 25.1 Å². The van der Waals surface area contributed by atoms with Crippen LogP contribution in [0.5, 0.6) is 5.75 Å². The Morgan fingerprint density at radius 2 is 1.83 bits per heavy atom. The van der Waals surface area contributed by atoms with Crippen molar-refractivity contribution in [3.63, 3.8) is 0 Å². The van der Waals surface area contributed by atoms with Gasteiger partial charge in [-0.25, -0.2) is 5.43 Å².